The van der Waals surface area contributed by atoms with Gasteiger partial charge in [0.1, 0.15) is 22.6 Å². The van der Waals surface area contributed by atoms with Gasteiger partial charge >= 0.3 is 0 Å². The zero-order valence-corrected chi connectivity index (χ0v) is 21.0. The van der Waals surface area contributed by atoms with Crippen molar-refractivity contribution in [3.8, 4) is 29.3 Å². The van der Waals surface area contributed by atoms with Gasteiger partial charge in [-0.15, -0.1) is 11.3 Å². The molecule has 0 aliphatic carbocycles. The van der Waals surface area contributed by atoms with E-state index in [0.717, 1.165) is 50.9 Å². The Hall–Kier alpha value is -4.33. The van der Waals surface area contributed by atoms with Crippen molar-refractivity contribution in [2.45, 2.75) is 27.7 Å². The van der Waals surface area contributed by atoms with Crippen LogP contribution in [0.4, 0.5) is 0 Å². The average molecular weight is 481 g/mol. The fourth-order valence-corrected chi connectivity index (χ4v) is 5.29. The van der Waals surface area contributed by atoms with Gasteiger partial charge in [-0.3, -0.25) is 9.36 Å². The molecule has 2 aromatic carbocycles. The van der Waals surface area contributed by atoms with E-state index in [0.29, 0.717) is 14.9 Å². The Morgan fingerprint density at radius 3 is 2.26 bits per heavy atom. The highest BCUT2D eigenvalue weighted by Gasteiger charge is 2.15. The summed E-state index contributed by atoms with van der Waals surface area (Å²) in [6.45, 7) is 7.91. The van der Waals surface area contributed by atoms with Crippen LogP contribution in [-0.2, 0) is 0 Å². The molecule has 0 bridgehead atoms. The van der Waals surface area contributed by atoms with Crippen LogP contribution < -0.4 is 19.5 Å². The first-order valence-corrected chi connectivity index (χ1v) is 11.8. The van der Waals surface area contributed by atoms with Crippen LogP contribution in [0.2, 0.25) is 0 Å². The molecular formula is C28H24N4O2S. The predicted molar refractivity (Wildman–Crippen MR) is 139 cm³/mol. The molecule has 0 aliphatic rings. The normalized spacial score (nSPS) is 11.2. The van der Waals surface area contributed by atoms with Gasteiger partial charge in [0.25, 0.3) is 5.56 Å². The van der Waals surface area contributed by atoms with Gasteiger partial charge in [-0.05, 0) is 81.3 Å². The van der Waals surface area contributed by atoms with Crippen molar-refractivity contribution in [1.82, 2.24) is 9.13 Å². The first-order chi connectivity index (χ1) is 16.8. The molecule has 4 aromatic rings. The molecule has 0 spiro atoms. The molecule has 4 rings (SSSR count). The van der Waals surface area contributed by atoms with E-state index in [4.69, 9.17) is 4.74 Å². The van der Waals surface area contributed by atoms with Crippen LogP contribution in [0.1, 0.15) is 28.1 Å². The van der Waals surface area contributed by atoms with Crippen molar-refractivity contribution < 1.29 is 4.74 Å². The molecule has 0 atom stereocenters. The molecule has 2 aromatic heterocycles. The van der Waals surface area contributed by atoms with Gasteiger partial charge < -0.3 is 9.30 Å². The number of aromatic nitrogens is 2. The summed E-state index contributed by atoms with van der Waals surface area (Å²) in [5.74, 6) is 0.781. The van der Waals surface area contributed by atoms with Crippen LogP contribution in [0.15, 0.2) is 53.3 Å². The number of hydrogen-bond donors (Lipinski definition) is 0. The molecule has 2 heterocycles. The van der Waals surface area contributed by atoms with Crippen molar-refractivity contribution in [3.63, 3.8) is 0 Å². The molecule has 7 heteroatoms. The van der Waals surface area contributed by atoms with E-state index in [9.17, 15) is 15.3 Å². The standard InChI is InChI=1S/C28H24N4O2S/c1-17-6-11-25(18(2)12-17)32-27(33)26(35-28(32)22(15-29)16-30)14-21-13-19(3)31(20(21)4)23-7-9-24(34-5)10-8-23/h6-14H,1-5H3. The van der Waals surface area contributed by atoms with E-state index in [1.807, 2.05) is 94.4 Å². The van der Waals surface area contributed by atoms with Gasteiger partial charge in [0.15, 0.2) is 5.57 Å². The molecule has 174 valence electrons. The van der Waals surface area contributed by atoms with E-state index in [-0.39, 0.29) is 11.1 Å². The van der Waals surface area contributed by atoms with E-state index >= 15 is 0 Å². The zero-order valence-electron chi connectivity index (χ0n) is 20.2. The van der Waals surface area contributed by atoms with E-state index in [1.165, 1.54) is 4.57 Å². The summed E-state index contributed by atoms with van der Waals surface area (Å²) >= 11 is 1.16. The lowest BCUT2D eigenvalue weighted by Crippen LogP contribution is -2.31. The van der Waals surface area contributed by atoms with Gasteiger partial charge in [0.2, 0.25) is 0 Å². The number of benzene rings is 2. The minimum absolute atomic E-state index is 0.0876. The summed E-state index contributed by atoms with van der Waals surface area (Å²) in [5.41, 5.74) is 6.17. The van der Waals surface area contributed by atoms with E-state index in [2.05, 4.69) is 4.57 Å². The predicted octanol–water partition coefficient (Wildman–Crippen LogP) is 3.96. The molecule has 0 fully saturated rings. The number of nitrogens with zero attached hydrogens (tertiary/aromatic N) is 4. The fraction of sp³-hybridized carbons (Fsp3) is 0.179. The summed E-state index contributed by atoms with van der Waals surface area (Å²) in [5, 5.41) is 19.1. The third-order valence-corrected chi connectivity index (χ3v) is 7.03. The largest absolute Gasteiger partial charge is 0.497 e. The molecular weight excluding hydrogens is 456 g/mol. The summed E-state index contributed by atoms with van der Waals surface area (Å²) in [7, 11) is 1.63. The molecule has 6 nitrogen and oxygen atoms in total. The Kier molecular flexibility index (Phi) is 6.46. The lowest BCUT2D eigenvalue weighted by molar-refractivity contribution is 0.414. The van der Waals surface area contributed by atoms with Crippen LogP contribution in [0.25, 0.3) is 23.0 Å². The van der Waals surface area contributed by atoms with Crippen LogP contribution in [0, 0.1) is 50.4 Å². The molecule has 0 N–H and O–H groups in total. The highest BCUT2D eigenvalue weighted by Crippen LogP contribution is 2.23. The second-order valence-corrected chi connectivity index (χ2v) is 9.34. The number of rotatable bonds is 4. The van der Waals surface area contributed by atoms with Crippen molar-refractivity contribution in [2.75, 3.05) is 7.11 Å². The van der Waals surface area contributed by atoms with Gasteiger partial charge in [0, 0.05) is 17.1 Å². The van der Waals surface area contributed by atoms with E-state index in [1.54, 1.807) is 7.11 Å². The zero-order chi connectivity index (χ0) is 25.3. The number of methoxy groups -OCH3 is 1. The Morgan fingerprint density at radius 2 is 1.66 bits per heavy atom. The maximum Gasteiger partial charge on any atom is 0.273 e. The number of hydrogen-bond acceptors (Lipinski definition) is 5. The molecule has 0 aliphatic heterocycles. The third kappa shape index (κ3) is 4.30. The topological polar surface area (TPSA) is 83.7 Å². The Bertz CT molecular complexity index is 1690. The molecule has 0 saturated heterocycles. The van der Waals surface area contributed by atoms with Gasteiger partial charge in [-0.1, -0.05) is 17.7 Å². The van der Waals surface area contributed by atoms with Crippen LogP contribution in [0.5, 0.6) is 5.75 Å². The smallest absolute Gasteiger partial charge is 0.273 e. The Morgan fingerprint density at radius 1 is 0.971 bits per heavy atom. The van der Waals surface area contributed by atoms with Gasteiger partial charge in [-0.25, -0.2) is 0 Å². The maximum absolute atomic E-state index is 13.6. The van der Waals surface area contributed by atoms with E-state index < -0.39 is 0 Å². The highest BCUT2D eigenvalue weighted by molar-refractivity contribution is 7.07. The highest BCUT2D eigenvalue weighted by atomic mass is 32.1. The van der Waals surface area contributed by atoms with Crippen LogP contribution >= 0.6 is 11.3 Å². The molecule has 0 amide bonds. The summed E-state index contributed by atoms with van der Waals surface area (Å²) in [4.78, 5) is 13.6. The lowest BCUT2D eigenvalue weighted by atomic mass is 10.1. The monoisotopic (exact) mass is 480 g/mol. The second kappa shape index (κ2) is 9.50. The van der Waals surface area contributed by atoms with Gasteiger partial charge in [-0.2, -0.15) is 10.5 Å². The molecule has 0 unspecified atom stereocenters. The molecule has 35 heavy (non-hydrogen) atoms. The van der Waals surface area contributed by atoms with Crippen molar-refractivity contribution in [2.24, 2.45) is 0 Å². The minimum atomic E-state index is -0.255. The van der Waals surface area contributed by atoms with Gasteiger partial charge in [0.05, 0.1) is 17.3 Å². The minimum Gasteiger partial charge on any atom is -0.497 e. The molecule has 0 radical (unpaired) electrons. The number of thiazole rings is 1. The summed E-state index contributed by atoms with van der Waals surface area (Å²) < 4.78 is 9.66. The lowest BCUT2D eigenvalue weighted by Gasteiger charge is -2.10. The van der Waals surface area contributed by atoms with Crippen LogP contribution in [-0.4, -0.2) is 16.2 Å². The second-order valence-electron chi connectivity index (χ2n) is 8.30. The first kappa shape index (κ1) is 23.8. The number of nitriles is 2. The van der Waals surface area contributed by atoms with Crippen molar-refractivity contribution in [1.29, 1.82) is 10.5 Å². The third-order valence-electron chi connectivity index (χ3n) is 5.94. The quantitative estimate of drug-likeness (QED) is 0.443. The first-order valence-electron chi connectivity index (χ1n) is 11.0. The maximum atomic E-state index is 13.6. The fourth-order valence-electron chi connectivity index (χ4n) is 4.25. The average Bonchev–Trinajstić information content (AvgIpc) is 3.30. The van der Waals surface area contributed by atoms with Crippen molar-refractivity contribution in [3.05, 3.63) is 96.2 Å². The number of ether oxygens (including phenoxy) is 1. The Labute approximate surface area is 207 Å². The number of aryl methyl sites for hydroxylation is 3. The summed E-state index contributed by atoms with van der Waals surface area (Å²) in [6, 6.07) is 19.5. The van der Waals surface area contributed by atoms with Crippen molar-refractivity contribution >= 4 is 23.0 Å². The SMILES string of the molecule is COc1ccc(-n2c(C)cc(C=c3sc(=C(C#N)C#N)n(-c4ccc(C)cc4C)c3=O)c2C)cc1. The summed E-state index contributed by atoms with van der Waals surface area (Å²) in [6.07, 6.45) is 1.84. The molecule has 0 saturated carbocycles. The van der Waals surface area contributed by atoms with Crippen LogP contribution in [0.3, 0.4) is 0 Å². The Balaban J connectivity index is 1.97.